The topological polar surface area (TPSA) is 41.5 Å². The summed E-state index contributed by atoms with van der Waals surface area (Å²) < 4.78 is 0. The van der Waals surface area contributed by atoms with E-state index in [-0.39, 0.29) is 5.91 Å². The average Bonchev–Trinajstić information content (AvgIpc) is 2.51. The van der Waals surface area contributed by atoms with Crippen molar-refractivity contribution in [2.24, 2.45) is 11.0 Å². The maximum absolute atomic E-state index is 12.3. The quantitative estimate of drug-likeness (QED) is 0.587. The van der Waals surface area contributed by atoms with Crippen LogP contribution in [0.25, 0.3) is 0 Å². The van der Waals surface area contributed by atoms with Gasteiger partial charge in [-0.3, -0.25) is 4.79 Å². The number of halogens is 2. The second-order valence-electron chi connectivity index (χ2n) is 5.59. The van der Waals surface area contributed by atoms with Gasteiger partial charge in [0.2, 0.25) is 0 Å². The Kier molecular flexibility index (Phi) is 6.20. The van der Waals surface area contributed by atoms with E-state index in [9.17, 15) is 4.79 Å². The first-order valence-corrected chi connectivity index (χ1v) is 8.10. The van der Waals surface area contributed by atoms with E-state index in [1.807, 2.05) is 30.3 Å². The molecule has 1 N–H and O–H groups in total. The molecule has 0 unspecified atom stereocenters. The van der Waals surface area contributed by atoms with E-state index in [1.165, 1.54) is 6.07 Å². The molecular weight excluding hydrogens is 331 g/mol. The van der Waals surface area contributed by atoms with Crippen LogP contribution < -0.4 is 5.43 Å². The van der Waals surface area contributed by atoms with Crippen LogP contribution in [0.15, 0.2) is 53.6 Å². The molecule has 0 atom stereocenters. The summed E-state index contributed by atoms with van der Waals surface area (Å²) in [6, 6.07) is 14.5. The molecule has 2 aromatic rings. The van der Waals surface area contributed by atoms with E-state index in [1.54, 1.807) is 12.1 Å². The third-order valence-corrected chi connectivity index (χ3v) is 3.72. The average molecular weight is 349 g/mol. The van der Waals surface area contributed by atoms with E-state index in [0.717, 1.165) is 17.7 Å². The van der Waals surface area contributed by atoms with Crippen molar-refractivity contribution in [1.82, 2.24) is 5.43 Å². The van der Waals surface area contributed by atoms with Crippen LogP contribution in [-0.4, -0.2) is 11.6 Å². The van der Waals surface area contributed by atoms with Crippen molar-refractivity contribution in [2.75, 3.05) is 0 Å². The van der Waals surface area contributed by atoms with Gasteiger partial charge in [-0.15, -0.1) is 0 Å². The maximum Gasteiger partial charge on any atom is 0.272 e. The fourth-order valence-electron chi connectivity index (χ4n) is 2.10. The molecule has 0 aliphatic rings. The zero-order valence-electron chi connectivity index (χ0n) is 13.0. The molecule has 0 saturated heterocycles. The molecule has 5 heteroatoms. The fraction of sp³-hybridized carbons (Fsp3) is 0.222. The molecule has 0 bridgehead atoms. The Morgan fingerprint density at radius 1 is 1.13 bits per heavy atom. The summed E-state index contributed by atoms with van der Waals surface area (Å²) in [7, 11) is 0. The summed E-state index contributed by atoms with van der Waals surface area (Å²) in [6.45, 7) is 4.21. The third kappa shape index (κ3) is 5.08. The second-order valence-corrected chi connectivity index (χ2v) is 6.43. The van der Waals surface area contributed by atoms with Crippen molar-refractivity contribution in [3.63, 3.8) is 0 Å². The van der Waals surface area contributed by atoms with Gasteiger partial charge in [-0.25, -0.2) is 5.43 Å². The molecule has 0 radical (unpaired) electrons. The molecule has 1 amide bonds. The van der Waals surface area contributed by atoms with Gasteiger partial charge in [0.1, 0.15) is 0 Å². The van der Waals surface area contributed by atoms with Crippen LogP contribution in [0.4, 0.5) is 0 Å². The second kappa shape index (κ2) is 8.14. The van der Waals surface area contributed by atoms with Crippen LogP contribution in [0.5, 0.6) is 0 Å². The molecular formula is C18H18Cl2N2O. The largest absolute Gasteiger partial charge is 0.272 e. The number of hydrogen-bond acceptors (Lipinski definition) is 2. The first kappa shape index (κ1) is 17.5. The Labute approximate surface area is 146 Å². The van der Waals surface area contributed by atoms with Gasteiger partial charge in [0.25, 0.3) is 5.91 Å². The number of rotatable bonds is 5. The smallest absolute Gasteiger partial charge is 0.267 e. The van der Waals surface area contributed by atoms with E-state index in [0.29, 0.717) is 21.5 Å². The molecule has 0 aliphatic carbocycles. The van der Waals surface area contributed by atoms with Crippen molar-refractivity contribution in [3.8, 4) is 0 Å². The summed E-state index contributed by atoms with van der Waals surface area (Å²) >= 11 is 11.9. The number of hydrazone groups is 1. The molecule has 23 heavy (non-hydrogen) atoms. The number of hydrogen-bond donors (Lipinski definition) is 1. The third-order valence-electron chi connectivity index (χ3n) is 3.18. The summed E-state index contributed by atoms with van der Waals surface area (Å²) in [4.78, 5) is 12.3. The van der Waals surface area contributed by atoms with Crippen LogP contribution in [0.3, 0.4) is 0 Å². The lowest BCUT2D eigenvalue weighted by Gasteiger charge is -2.10. The van der Waals surface area contributed by atoms with Gasteiger partial charge in [-0.1, -0.05) is 67.4 Å². The highest BCUT2D eigenvalue weighted by Crippen LogP contribution is 2.21. The lowest BCUT2D eigenvalue weighted by molar-refractivity contribution is 0.0955. The van der Waals surface area contributed by atoms with E-state index < -0.39 is 0 Å². The Bertz CT molecular complexity index is 712. The van der Waals surface area contributed by atoms with Gasteiger partial charge in [-0.2, -0.15) is 5.10 Å². The van der Waals surface area contributed by atoms with Gasteiger partial charge in [0.15, 0.2) is 0 Å². The highest BCUT2D eigenvalue weighted by atomic mass is 35.5. The minimum atomic E-state index is -0.358. The van der Waals surface area contributed by atoms with E-state index in [4.69, 9.17) is 23.2 Å². The predicted molar refractivity (Wildman–Crippen MR) is 96.4 cm³/mol. The van der Waals surface area contributed by atoms with Gasteiger partial charge < -0.3 is 0 Å². The molecule has 0 heterocycles. The maximum atomic E-state index is 12.3. The standard InChI is InChI=1S/C18H18Cl2N2O/c1-12(2)10-17(13-6-4-3-5-7-13)21-22-18(23)15-9-8-14(19)11-16(15)20/h3-9,11-12H,10H2,1-2H3,(H,22,23). The zero-order chi connectivity index (χ0) is 16.8. The number of nitrogens with zero attached hydrogens (tertiary/aromatic N) is 1. The van der Waals surface area contributed by atoms with Gasteiger partial charge in [0.05, 0.1) is 16.3 Å². The summed E-state index contributed by atoms with van der Waals surface area (Å²) in [6.07, 6.45) is 0.763. The van der Waals surface area contributed by atoms with Crippen molar-refractivity contribution in [1.29, 1.82) is 0 Å². The van der Waals surface area contributed by atoms with Gasteiger partial charge in [0, 0.05) is 5.02 Å². The first-order valence-electron chi connectivity index (χ1n) is 7.34. The minimum Gasteiger partial charge on any atom is -0.267 e. The normalized spacial score (nSPS) is 11.6. The first-order chi connectivity index (χ1) is 11.0. The molecule has 2 rings (SSSR count). The van der Waals surface area contributed by atoms with Crippen LogP contribution >= 0.6 is 23.2 Å². The molecule has 0 fully saturated rings. The highest BCUT2D eigenvalue weighted by molar-refractivity contribution is 6.36. The number of amides is 1. The predicted octanol–water partition coefficient (Wildman–Crippen LogP) is 5.17. The van der Waals surface area contributed by atoms with Gasteiger partial charge >= 0.3 is 0 Å². The number of carbonyl (C=O) groups is 1. The Morgan fingerprint density at radius 2 is 1.83 bits per heavy atom. The van der Waals surface area contributed by atoms with Crippen molar-refractivity contribution >= 4 is 34.8 Å². The molecule has 2 aromatic carbocycles. The van der Waals surface area contributed by atoms with Gasteiger partial charge in [-0.05, 0) is 36.1 Å². The van der Waals surface area contributed by atoms with Crippen molar-refractivity contribution in [3.05, 3.63) is 69.7 Å². The SMILES string of the molecule is CC(C)CC(=NNC(=O)c1ccc(Cl)cc1Cl)c1ccccc1. The van der Waals surface area contributed by atoms with Crippen LogP contribution in [0.2, 0.25) is 10.0 Å². The van der Waals surface area contributed by atoms with Crippen LogP contribution in [0, 0.1) is 5.92 Å². The molecule has 0 aliphatic heterocycles. The minimum absolute atomic E-state index is 0.301. The van der Waals surface area contributed by atoms with Crippen LogP contribution in [-0.2, 0) is 0 Å². The number of benzene rings is 2. The lowest BCUT2D eigenvalue weighted by Crippen LogP contribution is -2.21. The summed E-state index contributed by atoms with van der Waals surface area (Å²) in [5.41, 5.74) is 4.75. The molecule has 120 valence electrons. The number of nitrogens with one attached hydrogen (secondary N) is 1. The fourth-order valence-corrected chi connectivity index (χ4v) is 2.59. The Morgan fingerprint density at radius 3 is 2.43 bits per heavy atom. The Hall–Kier alpha value is -1.84. The highest BCUT2D eigenvalue weighted by Gasteiger charge is 2.12. The lowest BCUT2D eigenvalue weighted by atomic mass is 10.0. The molecule has 0 spiro atoms. The molecule has 0 saturated carbocycles. The molecule has 3 nitrogen and oxygen atoms in total. The van der Waals surface area contributed by atoms with Crippen molar-refractivity contribution in [2.45, 2.75) is 20.3 Å². The number of carbonyl (C=O) groups excluding carboxylic acids is 1. The monoisotopic (exact) mass is 348 g/mol. The van der Waals surface area contributed by atoms with Crippen LogP contribution in [0.1, 0.15) is 36.2 Å². The zero-order valence-corrected chi connectivity index (χ0v) is 14.5. The Balaban J connectivity index is 2.21. The van der Waals surface area contributed by atoms with E-state index in [2.05, 4.69) is 24.4 Å². The van der Waals surface area contributed by atoms with E-state index >= 15 is 0 Å². The summed E-state index contributed by atoms with van der Waals surface area (Å²) in [5.74, 6) is 0.0637. The summed E-state index contributed by atoms with van der Waals surface area (Å²) in [5, 5.41) is 5.09. The van der Waals surface area contributed by atoms with Crippen molar-refractivity contribution < 1.29 is 4.79 Å². The molecule has 0 aromatic heterocycles.